The van der Waals surface area contributed by atoms with E-state index in [0.29, 0.717) is 18.4 Å². The van der Waals surface area contributed by atoms with E-state index in [2.05, 4.69) is 5.32 Å². The van der Waals surface area contributed by atoms with Gasteiger partial charge in [0.15, 0.2) is 18.1 Å². The van der Waals surface area contributed by atoms with Gasteiger partial charge in [-0.2, -0.15) is 13.2 Å². The van der Waals surface area contributed by atoms with Gasteiger partial charge < -0.3 is 20.5 Å². The molecule has 0 aliphatic heterocycles. The zero-order valence-electron chi connectivity index (χ0n) is 14.7. The zero-order valence-corrected chi connectivity index (χ0v) is 14.7. The third kappa shape index (κ3) is 5.81. The van der Waals surface area contributed by atoms with Crippen molar-refractivity contribution < 1.29 is 27.4 Å². The number of rotatable bonds is 9. The molecular weight excluding hydrogens is 337 g/mol. The highest BCUT2D eigenvalue weighted by atomic mass is 19.4. The van der Waals surface area contributed by atoms with Gasteiger partial charge in [-0.05, 0) is 30.5 Å². The number of amides is 1. The van der Waals surface area contributed by atoms with Crippen LogP contribution in [-0.4, -0.2) is 32.3 Å². The summed E-state index contributed by atoms with van der Waals surface area (Å²) in [5.41, 5.74) is 5.82. The third-order valence-corrected chi connectivity index (χ3v) is 4.30. The van der Waals surface area contributed by atoms with Crippen LogP contribution >= 0.6 is 0 Å². The molecule has 0 unspecified atom stereocenters. The summed E-state index contributed by atoms with van der Waals surface area (Å²) in [7, 11) is 1.34. The Balaban J connectivity index is 2.79. The van der Waals surface area contributed by atoms with E-state index >= 15 is 0 Å². The Hall–Kier alpha value is -1.96. The molecule has 0 saturated carbocycles. The van der Waals surface area contributed by atoms with E-state index in [-0.39, 0.29) is 30.5 Å². The van der Waals surface area contributed by atoms with Crippen LogP contribution in [0.25, 0.3) is 0 Å². The van der Waals surface area contributed by atoms with Gasteiger partial charge in [-0.1, -0.05) is 19.9 Å². The molecule has 3 N–H and O–H groups in total. The largest absolute Gasteiger partial charge is 0.493 e. The van der Waals surface area contributed by atoms with Gasteiger partial charge in [0.1, 0.15) is 0 Å². The number of hydrogen-bond donors (Lipinski definition) is 2. The van der Waals surface area contributed by atoms with Crippen molar-refractivity contribution in [1.29, 1.82) is 0 Å². The van der Waals surface area contributed by atoms with Crippen LogP contribution < -0.4 is 20.5 Å². The molecule has 0 bridgehead atoms. The van der Waals surface area contributed by atoms with Crippen LogP contribution in [0.5, 0.6) is 11.5 Å². The monoisotopic (exact) mass is 362 g/mol. The van der Waals surface area contributed by atoms with Crippen molar-refractivity contribution in [3.05, 3.63) is 23.8 Å². The van der Waals surface area contributed by atoms with Crippen molar-refractivity contribution in [2.24, 2.45) is 11.1 Å². The van der Waals surface area contributed by atoms with Gasteiger partial charge in [0.2, 0.25) is 5.91 Å². The van der Waals surface area contributed by atoms with E-state index in [1.807, 2.05) is 13.8 Å². The molecule has 0 heterocycles. The van der Waals surface area contributed by atoms with Crippen molar-refractivity contribution in [3.8, 4) is 11.5 Å². The van der Waals surface area contributed by atoms with Crippen LogP contribution in [0.3, 0.4) is 0 Å². The van der Waals surface area contributed by atoms with Crippen molar-refractivity contribution >= 4 is 5.91 Å². The second kappa shape index (κ2) is 8.94. The van der Waals surface area contributed by atoms with E-state index in [4.69, 9.17) is 15.2 Å². The first-order valence-corrected chi connectivity index (χ1v) is 8.06. The lowest BCUT2D eigenvalue weighted by atomic mass is 9.81. The molecular formula is C17H25F3N2O3. The summed E-state index contributed by atoms with van der Waals surface area (Å²) >= 11 is 0. The molecule has 1 amide bonds. The molecule has 1 aromatic rings. The predicted molar refractivity (Wildman–Crippen MR) is 88.5 cm³/mol. The van der Waals surface area contributed by atoms with Crippen LogP contribution in [-0.2, 0) is 11.3 Å². The van der Waals surface area contributed by atoms with Gasteiger partial charge in [0.25, 0.3) is 0 Å². The molecule has 0 aliphatic rings. The lowest BCUT2D eigenvalue weighted by Gasteiger charge is -2.28. The Morgan fingerprint density at radius 2 is 1.84 bits per heavy atom. The van der Waals surface area contributed by atoms with Gasteiger partial charge in [-0.15, -0.1) is 0 Å². The summed E-state index contributed by atoms with van der Waals surface area (Å²) in [4.78, 5) is 12.4. The number of methoxy groups -OCH3 is 1. The van der Waals surface area contributed by atoms with E-state index in [1.54, 1.807) is 6.07 Å². The number of benzene rings is 1. The smallest absolute Gasteiger partial charge is 0.422 e. The summed E-state index contributed by atoms with van der Waals surface area (Å²) in [5.74, 6) is 0.0248. The minimum Gasteiger partial charge on any atom is -0.493 e. The summed E-state index contributed by atoms with van der Waals surface area (Å²) in [6.45, 7) is 2.89. The number of nitrogens with one attached hydrogen (secondary N) is 1. The Kier molecular flexibility index (Phi) is 7.54. The molecule has 1 aromatic carbocycles. The van der Waals surface area contributed by atoms with Gasteiger partial charge >= 0.3 is 6.18 Å². The summed E-state index contributed by atoms with van der Waals surface area (Å²) in [6.07, 6.45) is -3.18. The minimum atomic E-state index is -4.43. The molecule has 5 nitrogen and oxygen atoms in total. The lowest BCUT2D eigenvalue weighted by Crippen LogP contribution is -2.45. The molecule has 0 radical (unpaired) electrons. The molecule has 0 saturated heterocycles. The topological polar surface area (TPSA) is 73.6 Å². The average Bonchev–Trinajstić information content (AvgIpc) is 2.59. The Bertz CT molecular complexity index is 564. The molecule has 0 fully saturated rings. The van der Waals surface area contributed by atoms with Crippen molar-refractivity contribution in [2.75, 3.05) is 20.3 Å². The van der Waals surface area contributed by atoms with Crippen LogP contribution in [0, 0.1) is 5.41 Å². The second-order valence-electron chi connectivity index (χ2n) is 5.76. The van der Waals surface area contributed by atoms with E-state index < -0.39 is 18.2 Å². The fourth-order valence-electron chi connectivity index (χ4n) is 2.42. The number of carbonyl (C=O) groups is 1. The van der Waals surface area contributed by atoms with Crippen LogP contribution in [0.4, 0.5) is 13.2 Å². The highest BCUT2D eigenvalue weighted by molar-refractivity contribution is 5.82. The Morgan fingerprint density at radius 3 is 2.32 bits per heavy atom. The molecule has 0 aliphatic carbocycles. The molecule has 8 heteroatoms. The molecule has 25 heavy (non-hydrogen) atoms. The SMILES string of the molecule is CCC(CC)(CN)C(=O)NCc1ccc(OCC(F)(F)F)c(OC)c1. The number of hydrogen-bond acceptors (Lipinski definition) is 4. The van der Waals surface area contributed by atoms with Gasteiger partial charge in [0, 0.05) is 13.1 Å². The fraction of sp³-hybridized carbons (Fsp3) is 0.588. The maximum atomic E-state index is 12.4. The first-order valence-electron chi connectivity index (χ1n) is 8.06. The second-order valence-corrected chi connectivity index (χ2v) is 5.76. The number of alkyl halides is 3. The third-order valence-electron chi connectivity index (χ3n) is 4.30. The van der Waals surface area contributed by atoms with Gasteiger partial charge in [0.05, 0.1) is 12.5 Å². The van der Waals surface area contributed by atoms with E-state index in [0.717, 1.165) is 0 Å². The predicted octanol–water partition coefficient (Wildman–Crippen LogP) is 3.02. The summed E-state index contributed by atoms with van der Waals surface area (Å²) in [5, 5.41) is 2.82. The molecule has 0 spiro atoms. The van der Waals surface area contributed by atoms with E-state index in [9.17, 15) is 18.0 Å². The Labute approximate surface area is 145 Å². The van der Waals surface area contributed by atoms with Crippen LogP contribution in [0.15, 0.2) is 18.2 Å². The zero-order chi connectivity index (χ0) is 19.1. The molecule has 1 rings (SSSR count). The number of halogens is 3. The lowest BCUT2D eigenvalue weighted by molar-refractivity contribution is -0.153. The molecule has 0 aromatic heterocycles. The highest BCUT2D eigenvalue weighted by Gasteiger charge is 2.33. The first-order chi connectivity index (χ1) is 11.7. The van der Waals surface area contributed by atoms with E-state index in [1.165, 1.54) is 19.2 Å². The molecule has 142 valence electrons. The number of carbonyl (C=O) groups excluding carboxylic acids is 1. The quantitative estimate of drug-likeness (QED) is 0.708. The number of ether oxygens (including phenoxy) is 2. The van der Waals surface area contributed by atoms with Crippen LogP contribution in [0.2, 0.25) is 0 Å². The van der Waals surface area contributed by atoms with Crippen molar-refractivity contribution in [1.82, 2.24) is 5.32 Å². The summed E-state index contributed by atoms with van der Waals surface area (Å²) in [6, 6.07) is 4.51. The first kappa shape index (κ1) is 21.1. The minimum absolute atomic E-state index is 0.00618. The Morgan fingerprint density at radius 1 is 1.20 bits per heavy atom. The molecule has 0 atom stereocenters. The average molecular weight is 362 g/mol. The summed E-state index contributed by atoms with van der Waals surface area (Å²) < 4.78 is 46.6. The standard InChI is InChI=1S/C17H25F3N2O3/c1-4-16(5-2,10-21)15(23)22-9-12-6-7-13(14(8-12)24-3)25-11-17(18,19)20/h6-8H,4-5,9-11,21H2,1-3H3,(H,22,23). The number of nitrogens with two attached hydrogens (primary N) is 1. The van der Waals surface area contributed by atoms with Crippen molar-refractivity contribution in [3.63, 3.8) is 0 Å². The van der Waals surface area contributed by atoms with Gasteiger partial charge in [-0.3, -0.25) is 4.79 Å². The fourth-order valence-corrected chi connectivity index (χ4v) is 2.42. The van der Waals surface area contributed by atoms with Crippen LogP contribution in [0.1, 0.15) is 32.3 Å². The highest BCUT2D eigenvalue weighted by Crippen LogP contribution is 2.30. The van der Waals surface area contributed by atoms with Gasteiger partial charge in [-0.25, -0.2) is 0 Å². The normalized spacial score (nSPS) is 12.0. The maximum Gasteiger partial charge on any atom is 0.422 e. The maximum absolute atomic E-state index is 12.4. The van der Waals surface area contributed by atoms with Crippen molar-refractivity contribution in [2.45, 2.75) is 39.4 Å².